The number of rotatable bonds is 5. The molecule has 84 valence electrons. The molecule has 1 aromatic heterocycles. The lowest BCUT2D eigenvalue weighted by atomic mass is 10.2. The number of ether oxygens (including phenoxy) is 1. The molecule has 0 unspecified atom stereocenters. The van der Waals surface area contributed by atoms with E-state index in [0.717, 1.165) is 6.54 Å². The van der Waals surface area contributed by atoms with E-state index in [2.05, 4.69) is 24.1 Å². The van der Waals surface area contributed by atoms with Gasteiger partial charge in [0.05, 0.1) is 7.11 Å². The van der Waals surface area contributed by atoms with Crippen molar-refractivity contribution in [3.8, 4) is 5.88 Å². The highest BCUT2D eigenvalue weighted by Crippen LogP contribution is 2.16. The van der Waals surface area contributed by atoms with E-state index in [-0.39, 0.29) is 11.7 Å². The average molecular weight is 212 g/mol. The van der Waals surface area contributed by atoms with Crippen LogP contribution in [-0.4, -0.2) is 18.6 Å². The van der Waals surface area contributed by atoms with E-state index in [1.807, 2.05) is 0 Å². The van der Waals surface area contributed by atoms with Gasteiger partial charge in [-0.15, -0.1) is 0 Å². The smallest absolute Gasteiger partial charge is 0.250 e. The summed E-state index contributed by atoms with van der Waals surface area (Å²) in [5, 5.41) is 3.17. The maximum atomic E-state index is 13.6. The molecule has 0 aliphatic carbocycles. The predicted molar refractivity (Wildman–Crippen MR) is 57.3 cm³/mol. The van der Waals surface area contributed by atoms with E-state index in [0.29, 0.717) is 18.0 Å². The van der Waals surface area contributed by atoms with E-state index < -0.39 is 0 Å². The van der Waals surface area contributed by atoms with Gasteiger partial charge < -0.3 is 10.1 Å². The largest absolute Gasteiger partial charge is 0.479 e. The second-order valence-corrected chi connectivity index (χ2v) is 3.82. The van der Waals surface area contributed by atoms with Crippen LogP contribution < -0.4 is 10.1 Å². The van der Waals surface area contributed by atoms with Crippen LogP contribution in [0.5, 0.6) is 5.88 Å². The molecule has 15 heavy (non-hydrogen) atoms. The third-order valence-corrected chi connectivity index (χ3v) is 2.00. The van der Waals surface area contributed by atoms with Crippen molar-refractivity contribution in [2.75, 3.05) is 13.7 Å². The summed E-state index contributed by atoms with van der Waals surface area (Å²) in [4.78, 5) is 3.78. The van der Waals surface area contributed by atoms with Crippen LogP contribution in [0.25, 0.3) is 0 Å². The van der Waals surface area contributed by atoms with Gasteiger partial charge in [0.25, 0.3) is 0 Å². The molecule has 0 saturated heterocycles. The van der Waals surface area contributed by atoms with Crippen LogP contribution >= 0.6 is 0 Å². The summed E-state index contributed by atoms with van der Waals surface area (Å²) in [6, 6.07) is 1.66. The Morgan fingerprint density at radius 2 is 2.27 bits per heavy atom. The van der Waals surface area contributed by atoms with Gasteiger partial charge in [-0.1, -0.05) is 13.8 Å². The van der Waals surface area contributed by atoms with Gasteiger partial charge in [0.1, 0.15) is 0 Å². The highest BCUT2D eigenvalue weighted by atomic mass is 19.1. The van der Waals surface area contributed by atoms with Crippen LogP contribution in [0.15, 0.2) is 12.3 Å². The lowest BCUT2D eigenvalue weighted by Gasteiger charge is -2.09. The van der Waals surface area contributed by atoms with E-state index >= 15 is 0 Å². The summed E-state index contributed by atoms with van der Waals surface area (Å²) in [7, 11) is 1.41. The summed E-state index contributed by atoms with van der Waals surface area (Å²) in [5.41, 5.74) is 0.586. The fraction of sp³-hybridized carbons (Fsp3) is 0.545. The van der Waals surface area contributed by atoms with Crippen LogP contribution in [0.1, 0.15) is 19.4 Å². The first-order valence-electron chi connectivity index (χ1n) is 5.03. The molecule has 0 aliphatic heterocycles. The van der Waals surface area contributed by atoms with Crippen LogP contribution in [-0.2, 0) is 6.54 Å². The van der Waals surface area contributed by atoms with Crippen molar-refractivity contribution in [2.45, 2.75) is 20.4 Å². The molecule has 0 atom stereocenters. The monoisotopic (exact) mass is 212 g/mol. The molecule has 0 spiro atoms. The number of methoxy groups -OCH3 is 1. The van der Waals surface area contributed by atoms with Crippen molar-refractivity contribution < 1.29 is 9.13 Å². The molecule has 1 rings (SSSR count). The Kier molecular flexibility index (Phi) is 4.49. The zero-order valence-electron chi connectivity index (χ0n) is 9.38. The average Bonchev–Trinajstić information content (AvgIpc) is 2.20. The van der Waals surface area contributed by atoms with Crippen LogP contribution in [0.3, 0.4) is 0 Å². The molecule has 4 heteroatoms. The first-order chi connectivity index (χ1) is 7.15. The zero-order chi connectivity index (χ0) is 11.3. The molecule has 0 saturated carbocycles. The van der Waals surface area contributed by atoms with Crippen molar-refractivity contribution in [3.63, 3.8) is 0 Å². The Hall–Kier alpha value is -1.16. The molecule has 1 aromatic rings. The number of halogens is 1. The normalized spacial score (nSPS) is 10.7. The van der Waals surface area contributed by atoms with Gasteiger partial charge in [0.15, 0.2) is 5.82 Å². The molecule has 0 bridgehead atoms. The first kappa shape index (κ1) is 11.9. The van der Waals surface area contributed by atoms with Gasteiger partial charge in [-0.05, 0) is 18.5 Å². The van der Waals surface area contributed by atoms with E-state index in [9.17, 15) is 4.39 Å². The number of nitrogens with one attached hydrogen (secondary N) is 1. The van der Waals surface area contributed by atoms with Gasteiger partial charge in [-0.2, -0.15) is 0 Å². The SMILES string of the molecule is COc1nccc(CNCC(C)C)c1F. The van der Waals surface area contributed by atoms with Crippen molar-refractivity contribution in [1.82, 2.24) is 10.3 Å². The minimum atomic E-state index is -0.378. The fourth-order valence-electron chi connectivity index (χ4n) is 1.24. The standard InChI is InChI=1S/C11H17FN2O/c1-8(2)6-13-7-9-4-5-14-11(15-3)10(9)12/h4-5,8,13H,6-7H2,1-3H3. The topological polar surface area (TPSA) is 34.1 Å². The Morgan fingerprint density at radius 1 is 1.53 bits per heavy atom. The van der Waals surface area contributed by atoms with E-state index in [4.69, 9.17) is 4.74 Å². The van der Waals surface area contributed by atoms with Gasteiger partial charge in [0.2, 0.25) is 5.88 Å². The molecule has 0 fully saturated rings. The van der Waals surface area contributed by atoms with Crippen molar-refractivity contribution >= 4 is 0 Å². The van der Waals surface area contributed by atoms with Crippen LogP contribution in [0.4, 0.5) is 4.39 Å². The van der Waals surface area contributed by atoms with Crippen LogP contribution in [0.2, 0.25) is 0 Å². The van der Waals surface area contributed by atoms with Gasteiger partial charge in [0, 0.05) is 18.3 Å². The summed E-state index contributed by atoms with van der Waals surface area (Å²) >= 11 is 0. The summed E-state index contributed by atoms with van der Waals surface area (Å²) in [6.07, 6.45) is 1.55. The highest BCUT2D eigenvalue weighted by Gasteiger charge is 2.08. The van der Waals surface area contributed by atoms with Crippen LogP contribution in [0, 0.1) is 11.7 Å². The molecule has 0 amide bonds. The molecule has 1 N–H and O–H groups in total. The first-order valence-corrected chi connectivity index (χ1v) is 5.03. The number of pyridine rings is 1. The highest BCUT2D eigenvalue weighted by molar-refractivity contribution is 5.23. The summed E-state index contributed by atoms with van der Waals surface area (Å²) in [5.74, 6) is 0.229. The quantitative estimate of drug-likeness (QED) is 0.810. The van der Waals surface area contributed by atoms with E-state index in [1.165, 1.54) is 7.11 Å². The van der Waals surface area contributed by atoms with Gasteiger partial charge >= 0.3 is 0 Å². The minimum Gasteiger partial charge on any atom is -0.479 e. The van der Waals surface area contributed by atoms with Gasteiger partial charge in [-0.25, -0.2) is 9.37 Å². The molecule has 3 nitrogen and oxygen atoms in total. The summed E-state index contributed by atoms with van der Waals surface area (Å²) < 4.78 is 18.4. The molecule has 1 heterocycles. The maximum absolute atomic E-state index is 13.6. The molecular weight excluding hydrogens is 195 g/mol. The number of nitrogens with zero attached hydrogens (tertiary/aromatic N) is 1. The fourth-order valence-corrected chi connectivity index (χ4v) is 1.24. The Morgan fingerprint density at radius 3 is 2.87 bits per heavy atom. The second-order valence-electron chi connectivity index (χ2n) is 3.82. The molecule has 0 aromatic carbocycles. The number of aromatic nitrogens is 1. The summed E-state index contributed by atoms with van der Waals surface area (Å²) in [6.45, 7) is 5.58. The molecular formula is C11H17FN2O. The lowest BCUT2D eigenvalue weighted by molar-refractivity contribution is 0.365. The minimum absolute atomic E-state index is 0.0545. The Bertz CT molecular complexity index is 315. The maximum Gasteiger partial charge on any atom is 0.250 e. The molecule has 0 aliphatic rings. The van der Waals surface area contributed by atoms with E-state index in [1.54, 1.807) is 12.3 Å². The third-order valence-electron chi connectivity index (χ3n) is 2.00. The van der Waals surface area contributed by atoms with Crippen molar-refractivity contribution in [2.24, 2.45) is 5.92 Å². The zero-order valence-corrected chi connectivity index (χ0v) is 9.38. The lowest BCUT2D eigenvalue weighted by Crippen LogP contribution is -2.19. The van der Waals surface area contributed by atoms with Crippen molar-refractivity contribution in [3.05, 3.63) is 23.6 Å². The Balaban J connectivity index is 2.61. The molecule has 0 radical (unpaired) electrons. The van der Waals surface area contributed by atoms with Gasteiger partial charge in [-0.3, -0.25) is 0 Å². The Labute approximate surface area is 89.7 Å². The predicted octanol–water partition coefficient (Wildman–Crippen LogP) is 1.97. The number of hydrogen-bond donors (Lipinski definition) is 1. The third kappa shape index (κ3) is 3.47. The second kappa shape index (κ2) is 5.66. The number of hydrogen-bond acceptors (Lipinski definition) is 3. The van der Waals surface area contributed by atoms with Crippen molar-refractivity contribution in [1.29, 1.82) is 0 Å².